The van der Waals surface area contributed by atoms with Crippen molar-refractivity contribution in [3.8, 4) is 5.75 Å². The van der Waals surface area contributed by atoms with E-state index in [1.807, 2.05) is 13.8 Å². The molecule has 0 aliphatic rings. The fraction of sp³-hybridized carbons (Fsp3) is 0.286. The molecule has 20 heavy (non-hydrogen) atoms. The van der Waals surface area contributed by atoms with E-state index in [1.165, 1.54) is 0 Å². The fourth-order valence-electron chi connectivity index (χ4n) is 1.86. The number of halogens is 2. The average molecular weight is 313 g/mol. The lowest BCUT2D eigenvalue weighted by Crippen LogP contribution is -2.06. The minimum Gasteiger partial charge on any atom is -0.486 e. The van der Waals surface area contributed by atoms with Crippen molar-refractivity contribution in [1.29, 1.82) is 0 Å². The van der Waals surface area contributed by atoms with Gasteiger partial charge in [-0.05, 0) is 32.0 Å². The monoisotopic (exact) mass is 312 g/mol. The Bertz CT molecular complexity index is 638. The molecule has 0 fully saturated rings. The van der Waals surface area contributed by atoms with Gasteiger partial charge in [-0.15, -0.1) is 0 Å². The molecule has 6 heteroatoms. The average Bonchev–Trinajstić information content (AvgIpc) is 2.73. The molecule has 0 aliphatic heterocycles. The fourth-order valence-corrected chi connectivity index (χ4v) is 2.29. The standard InChI is InChI=1S/C14H14Cl2N2O2/c1-3-18-12(14(16)9(2)17-18)8-20-13-5-4-10(7-19)6-11(13)15/h4-7H,3,8H2,1-2H3. The summed E-state index contributed by atoms with van der Waals surface area (Å²) in [5.74, 6) is 0.509. The Morgan fingerprint density at radius 3 is 2.75 bits per heavy atom. The molecular formula is C14H14Cl2N2O2. The van der Waals surface area contributed by atoms with E-state index in [0.717, 1.165) is 17.7 Å². The highest BCUT2D eigenvalue weighted by atomic mass is 35.5. The Morgan fingerprint density at radius 2 is 2.15 bits per heavy atom. The van der Waals surface area contributed by atoms with Gasteiger partial charge in [0.1, 0.15) is 18.6 Å². The third-order valence-electron chi connectivity index (χ3n) is 2.91. The second-order valence-electron chi connectivity index (χ2n) is 4.26. The lowest BCUT2D eigenvalue weighted by molar-refractivity contribution is 0.112. The van der Waals surface area contributed by atoms with Crippen LogP contribution in [0.25, 0.3) is 0 Å². The molecule has 106 valence electrons. The second-order valence-corrected chi connectivity index (χ2v) is 5.04. The number of benzene rings is 1. The third-order valence-corrected chi connectivity index (χ3v) is 3.70. The summed E-state index contributed by atoms with van der Waals surface area (Å²) in [5, 5.41) is 5.31. The maximum atomic E-state index is 10.7. The van der Waals surface area contributed by atoms with E-state index < -0.39 is 0 Å². The van der Waals surface area contributed by atoms with Crippen LogP contribution in [0.4, 0.5) is 0 Å². The Hall–Kier alpha value is -1.52. The van der Waals surface area contributed by atoms with Gasteiger partial charge >= 0.3 is 0 Å². The van der Waals surface area contributed by atoms with E-state index in [-0.39, 0.29) is 6.61 Å². The number of aldehydes is 1. The van der Waals surface area contributed by atoms with E-state index in [2.05, 4.69) is 5.10 Å². The summed E-state index contributed by atoms with van der Waals surface area (Å²) in [6.45, 7) is 4.82. The van der Waals surface area contributed by atoms with Gasteiger partial charge in [0.15, 0.2) is 0 Å². The van der Waals surface area contributed by atoms with Gasteiger partial charge in [0, 0.05) is 12.1 Å². The summed E-state index contributed by atoms with van der Waals surface area (Å²) in [4.78, 5) is 10.7. The maximum absolute atomic E-state index is 10.7. The van der Waals surface area contributed by atoms with Crippen LogP contribution in [0.2, 0.25) is 10.0 Å². The lowest BCUT2D eigenvalue weighted by atomic mass is 10.2. The molecule has 0 aliphatic carbocycles. The first-order chi connectivity index (χ1) is 9.56. The van der Waals surface area contributed by atoms with Crippen molar-refractivity contribution in [1.82, 2.24) is 9.78 Å². The largest absolute Gasteiger partial charge is 0.486 e. The number of aryl methyl sites for hydroxylation is 2. The molecule has 1 aromatic heterocycles. The van der Waals surface area contributed by atoms with Gasteiger partial charge in [-0.3, -0.25) is 9.48 Å². The van der Waals surface area contributed by atoms with Crippen LogP contribution in [-0.4, -0.2) is 16.1 Å². The minimum absolute atomic E-state index is 0.271. The van der Waals surface area contributed by atoms with Crippen molar-refractivity contribution in [2.75, 3.05) is 0 Å². The normalized spacial score (nSPS) is 10.6. The molecule has 0 amide bonds. The first kappa shape index (κ1) is 14.9. The number of rotatable bonds is 5. The smallest absolute Gasteiger partial charge is 0.150 e. The lowest BCUT2D eigenvalue weighted by Gasteiger charge is -2.10. The highest BCUT2D eigenvalue weighted by Gasteiger charge is 2.13. The number of carbonyl (C=O) groups is 1. The number of nitrogens with zero attached hydrogens (tertiary/aromatic N) is 2. The van der Waals surface area contributed by atoms with Gasteiger partial charge < -0.3 is 4.74 Å². The third kappa shape index (κ3) is 2.97. The van der Waals surface area contributed by atoms with Gasteiger partial charge in [-0.2, -0.15) is 5.10 Å². The van der Waals surface area contributed by atoms with E-state index >= 15 is 0 Å². The topological polar surface area (TPSA) is 44.1 Å². The number of hydrogen-bond acceptors (Lipinski definition) is 3. The predicted molar refractivity (Wildman–Crippen MR) is 78.8 cm³/mol. The number of aromatic nitrogens is 2. The van der Waals surface area contributed by atoms with Gasteiger partial charge in [-0.1, -0.05) is 23.2 Å². The zero-order chi connectivity index (χ0) is 14.7. The molecule has 0 N–H and O–H groups in total. The highest BCUT2D eigenvalue weighted by molar-refractivity contribution is 6.32. The van der Waals surface area contributed by atoms with E-state index in [0.29, 0.717) is 27.9 Å². The highest BCUT2D eigenvalue weighted by Crippen LogP contribution is 2.27. The number of carbonyl (C=O) groups excluding carboxylic acids is 1. The first-order valence-corrected chi connectivity index (χ1v) is 6.91. The van der Waals surface area contributed by atoms with Crippen LogP contribution in [0.1, 0.15) is 28.7 Å². The van der Waals surface area contributed by atoms with Crippen molar-refractivity contribution in [2.24, 2.45) is 0 Å². The molecular weight excluding hydrogens is 299 g/mol. The zero-order valence-electron chi connectivity index (χ0n) is 11.2. The van der Waals surface area contributed by atoms with Gasteiger partial charge in [-0.25, -0.2) is 0 Å². The molecule has 0 spiro atoms. The second kappa shape index (κ2) is 6.29. The summed E-state index contributed by atoms with van der Waals surface area (Å²) >= 11 is 12.3. The molecule has 2 aromatic rings. The van der Waals surface area contributed by atoms with E-state index in [1.54, 1.807) is 22.9 Å². The molecule has 0 unspecified atom stereocenters. The van der Waals surface area contributed by atoms with Crippen LogP contribution in [-0.2, 0) is 13.2 Å². The van der Waals surface area contributed by atoms with E-state index in [4.69, 9.17) is 27.9 Å². The van der Waals surface area contributed by atoms with Crippen molar-refractivity contribution < 1.29 is 9.53 Å². The molecule has 0 radical (unpaired) electrons. The number of hydrogen-bond donors (Lipinski definition) is 0. The summed E-state index contributed by atoms with van der Waals surface area (Å²) in [6.07, 6.45) is 0.738. The molecule has 1 aromatic carbocycles. The Labute approximate surface area is 127 Å². The van der Waals surface area contributed by atoms with Crippen molar-refractivity contribution in [2.45, 2.75) is 27.0 Å². The summed E-state index contributed by atoms with van der Waals surface area (Å²) in [7, 11) is 0. The molecule has 1 heterocycles. The quantitative estimate of drug-likeness (QED) is 0.786. The minimum atomic E-state index is 0.271. The molecule has 0 atom stereocenters. The van der Waals surface area contributed by atoms with Crippen molar-refractivity contribution in [3.05, 3.63) is 45.2 Å². The van der Waals surface area contributed by atoms with Gasteiger partial charge in [0.05, 0.1) is 21.4 Å². The van der Waals surface area contributed by atoms with Gasteiger partial charge in [0.2, 0.25) is 0 Å². The summed E-state index contributed by atoms with van der Waals surface area (Å²) in [6, 6.07) is 4.88. The van der Waals surface area contributed by atoms with Gasteiger partial charge in [0.25, 0.3) is 0 Å². The van der Waals surface area contributed by atoms with E-state index in [9.17, 15) is 4.79 Å². The molecule has 2 rings (SSSR count). The van der Waals surface area contributed by atoms with Crippen LogP contribution in [0.3, 0.4) is 0 Å². The SMILES string of the molecule is CCn1nc(C)c(Cl)c1COc1ccc(C=O)cc1Cl. The van der Waals surface area contributed by atoms with Crippen LogP contribution >= 0.6 is 23.2 Å². The first-order valence-electron chi connectivity index (χ1n) is 6.16. The molecule has 4 nitrogen and oxygen atoms in total. The Kier molecular flexibility index (Phi) is 4.68. The Balaban J connectivity index is 2.18. The maximum Gasteiger partial charge on any atom is 0.150 e. The zero-order valence-corrected chi connectivity index (χ0v) is 12.7. The van der Waals surface area contributed by atoms with Crippen LogP contribution in [0.15, 0.2) is 18.2 Å². The number of ether oxygens (including phenoxy) is 1. The summed E-state index contributed by atoms with van der Waals surface area (Å²) in [5.41, 5.74) is 2.09. The molecule has 0 bridgehead atoms. The predicted octanol–water partition coefficient (Wildman–Crippen LogP) is 3.91. The molecule has 0 saturated carbocycles. The van der Waals surface area contributed by atoms with Crippen LogP contribution in [0.5, 0.6) is 5.75 Å². The van der Waals surface area contributed by atoms with Crippen LogP contribution < -0.4 is 4.74 Å². The van der Waals surface area contributed by atoms with Crippen molar-refractivity contribution >= 4 is 29.5 Å². The molecule has 0 saturated heterocycles. The summed E-state index contributed by atoms with van der Waals surface area (Å²) < 4.78 is 7.46. The van der Waals surface area contributed by atoms with Crippen LogP contribution in [0, 0.1) is 6.92 Å². The van der Waals surface area contributed by atoms with Crippen molar-refractivity contribution in [3.63, 3.8) is 0 Å². The Morgan fingerprint density at radius 1 is 1.40 bits per heavy atom.